The average Bonchev–Trinajstić information content (AvgIpc) is 2.76. The van der Waals surface area contributed by atoms with Crippen LogP contribution in [0, 0.1) is 0 Å². The second kappa shape index (κ2) is 8.27. The van der Waals surface area contributed by atoms with Gasteiger partial charge in [-0.05, 0) is 33.6 Å². The summed E-state index contributed by atoms with van der Waals surface area (Å²) in [6, 6.07) is 0.372. The maximum Gasteiger partial charge on any atom is 0.239 e. The summed E-state index contributed by atoms with van der Waals surface area (Å²) in [6.07, 6.45) is 4.53. The first-order valence-electron chi connectivity index (χ1n) is 8.94. The van der Waals surface area contributed by atoms with Crippen molar-refractivity contribution in [3.05, 3.63) is 0 Å². The Labute approximate surface area is 135 Å². The van der Waals surface area contributed by atoms with Gasteiger partial charge in [-0.3, -0.25) is 14.6 Å². The van der Waals surface area contributed by atoms with E-state index < -0.39 is 0 Å². The van der Waals surface area contributed by atoms with Crippen molar-refractivity contribution in [1.82, 2.24) is 14.7 Å². The van der Waals surface area contributed by atoms with E-state index in [4.69, 9.17) is 0 Å². The van der Waals surface area contributed by atoms with Gasteiger partial charge in [0.15, 0.2) is 0 Å². The van der Waals surface area contributed by atoms with Crippen molar-refractivity contribution in [2.75, 3.05) is 39.3 Å². The Balaban J connectivity index is 1.87. The molecule has 0 aromatic heterocycles. The number of β-amino-alcohol motifs (C(OH)–C–C–N with tert-alkyl or cyclic N) is 1. The Bertz CT molecular complexity index is 354. The van der Waals surface area contributed by atoms with E-state index in [0.717, 1.165) is 52.1 Å². The fourth-order valence-corrected chi connectivity index (χ4v) is 3.70. The van der Waals surface area contributed by atoms with Gasteiger partial charge in [-0.2, -0.15) is 0 Å². The Morgan fingerprint density at radius 2 is 1.73 bits per heavy atom. The Morgan fingerprint density at radius 3 is 2.27 bits per heavy atom. The molecule has 2 rings (SSSR count). The molecule has 0 radical (unpaired) electrons. The summed E-state index contributed by atoms with van der Waals surface area (Å²) in [4.78, 5) is 19.5. The zero-order chi connectivity index (χ0) is 16.1. The first-order chi connectivity index (χ1) is 10.5. The number of nitrogens with zero attached hydrogens (tertiary/aromatic N) is 3. The third-order valence-electron chi connectivity index (χ3n) is 5.12. The van der Waals surface area contributed by atoms with Gasteiger partial charge in [0.1, 0.15) is 0 Å². The van der Waals surface area contributed by atoms with Crippen LogP contribution < -0.4 is 0 Å². The van der Waals surface area contributed by atoms with Crippen molar-refractivity contribution >= 4 is 5.91 Å². The molecule has 0 aliphatic carbocycles. The van der Waals surface area contributed by atoms with E-state index in [1.807, 2.05) is 6.92 Å². The number of piperazine rings is 1. The predicted molar refractivity (Wildman–Crippen MR) is 88.8 cm³/mol. The number of hydrogen-bond donors (Lipinski definition) is 1. The monoisotopic (exact) mass is 311 g/mol. The number of aliphatic hydroxyl groups is 1. The van der Waals surface area contributed by atoms with E-state index in [-0.39, 0.29) is 12.1 Å². The predicted octanol–water partition coefficient (Wildman–Crippen LogP) is 1.16. The molecule has 0 aromatic carbocycles. The minimum Gasteiger partial charge on any atom is -0.392 e. The molecule has 1 N–H and O–H groups in total. The number of amides is 1. The lowest BCUT2D eigenvalue weighted by molar-refractivity contribution is -0.137. The number of aliphatic hydroxyl groups excluding tert-OH is 1. The second-order valence-electron chi connectivity index (χ2n) is 7.10. The number of likely N-dealkylation sites (tertiary alicyclic amines) is 1. The maximum absolute atomic E-state index is 12.7. The minimum absolute atomic E-state index is 0.0192. The molecule has 0 spiro atoms. The molecule has 2 aliphatic rings. The van der Waals surface area contributed by atoms with Crippen LogP contribution in [0.5, 0.6) is 0 Å². The van der Waals surface area contributed by atoms with E-state index in [1.54, 1.807) is 0 Å². The number of rotatable bonds is 4. The van der Waals surface area contributed by atoms with Crippen molar-refractivity contribution < 1.29 is 9.90 Å². The molecule has 22 heavy (non-hydrogen) atoms. The van der Waals surface area contributed by atoms with Gasteiger partial charge in [-0.25, -0.2) is 0 Å². The van der Waals surface area contributed by atoms with Gasteiger partial charge in [0, 0.05) is 45.3 Å². The lowest BCUT2D eigenvalue weighted by Gasteiger charge is -2.43. The summed E-state index contributed by atoms with van der Waals surface area (Å²) in [5.41, 5.74) is 0. The van der Waals surface area contributed by atoms with Crippen LogP contribution in [-0.4, -0.2) is 83.2 Å². The second-order valence-corrected chi connectivity index (χ2v) is 7.10. The summed E-state index contributed by atoms with van der Waals surface area (Å²) >= 11 is 0. The van der Waals surface area contributed by atoms with Crippen molar-refractivity contribution in [3.8, 4) is 0 Å². The molecule has 128 valence electrons. The third kappa shape index (κ3) is 4.67. The molecule has 2 heterocycles. The van der Waals surface area contributed by atoms with Gasteiger partial charge >= 0.3 is 0 Å². The molecule has 5 nitrogen and oxygen atoms in total. The molecular weight excluding hydrogens is 278 g/mol. The van der Waals surface area contributed by atoms with Crippen LogP contribution in [0.25, 0.3) is 0 Å². The summed E-state index contributed by atoms with van der Waals surface area (Å²) < 4.78 is 0. The van der Waals surface area contributed by atoms with E-state index in [2.05, 4.69) is 28.5 Å². The van der Waals surface area contributed by atoms with Crippen LogP contribution in [0.1, 0.15) is 46.5 Å². The van der Waals surface area contributed by atoms with Crippen molar-refractivity contribution in [2.45, 2.75) is 64.6 Å². The van der Waals surface area contributed by atoms with Crippen molar-refractivity contribution in [1.29, 1.82) is 0 Å². The van der Waals surface area contributed by atoms with Crippen LogP contribution in [0.3, 0.4) is 0 Å². The Hall–Kier alpha value is -0.650. The Kier molecular flexibility index (Phi) is 6.66. The molecular formula is C17H33N3O2. The highest BCUT2D eigenvalue weighted by Crippen LogP contribution is 2.16. The van der Waals surface area contributed by atoms with Gasteiger partial charge in [0.2, 0.25) is 5.91 Å². The van der Waals surface area contributed by atoms with Gasteiger partial charge in [0.25, 0.3) is 0 Å². The minimum atomic E-state index is -0.287. The lowest BCUT2D eigenvalue weighted by atomic mass is 10.1. The highest BCUT2D eigenvalue weighted by molar-refractivity contribution is 5.81. The van der Waals surface area contributed by atoms with Crippen LogP contribution in [0.2, 0.25) is 0 Å². The molecule has 0 bridgehead atoms. The van der Waals surface area contributed by atoms with Gasteiger partial charge in [-0.15, -0.1) is 0 Å². The van der Waals surface area contributed by atoms with E-state index in [9.17, 15) is 9.90 Å². The smallest absolute Gasteiger partial charge is 0.239 e. The van der Waals surface area contributed by atoms with E-state index in [0.29, 0.717) is 11.9 Å². The summed E-state index contributed by atoms with van der Waals surface area (Å²) in [5.74, 6) is 0.304. The van der Waals surface area contributed by atoms with Crippen LogP contribution in [0.15, 0.2) is 0 Å². The molecule has 2 saturated heterocycles. The first-order valence-corrected chi connectivity index (χ1v) is 8.94. The highest BCUT2D eigenvalue weighted by atomic mass is 16.3. The largest absolute Gasteiger partial charge is 0.392 e. The number of carbonyl (C=O) groups excluding carboxylic acids is 1. The number of hydrogen-bond acceptors (Lipinski definition) is 4. The fourth-order valence-electron chi connectivity index (χ4n) is 3.70. The highest BCUT2D eigenvalue weighted by Gasteiger charge is 2.32. The Morgan fingerprint density at radius 1 is 1.09 bits per heavy atom. The van der Waals surface area contributed by atoms with Gasteiger partial charge in [-0.1, -0.05) is 12.8 Å². The van der Waals surface area contributed by atoms with Crippen LogP contribution in [-0.2, 0) is 4.79 Å². The standard InChI is InChI=1S/C17H33N3O2/c1-14-12-20(11-10-19(14)13-15(2)21)16(3)17(22)18-8-6-4-5-7-9-18/h14-16,21H,4-13H2,1-3H3/t14-,15+,16-/m1/s1. The molecule has 0 unspecified atom stereocenters. The van der Waals surface area contributed by atoms with Gasteiger partial charge < -0.3 is 10.0 Å². The third-order valence-corrected chi connectivity index (χ3v) is 5.12. The fraction of sp³-hybridized carbons (Fsp3) is 0.941. The van der Waals surface area contributed by atoms with Crippen LogP contribution >= 0.6 is 0 Å². The van der Waals surface area contributed by atoms with E-state index >= 15 is 0 Å². The molecule has 5 heteroatoms. The summed E-state index contributed by atoms with van der Waals surface area (Å²) in [6.45, 7) is 11.4. The molecule has 1 amide bonds. The van der Waals surface area contributed by atoms with Gasteiger partial charge in [0.05, 0.1) is 12.1 Å². The van der Waals surface area contributed by atoms with Crippen molar-refractivity contribution in [2.24, 2.45) is 0 Å². The lowest BCUT2D eigenvalue weighted by Crippen LogP contribution is -2.58. The molecule has 2 fully saturated rings. The summed E-state index contributed by atoms with van der Waals surface area (Å²) in [7, 11) is 0. The topological polar surface area (TPSA) is 47.0 Å². The quantitative estimate of drug-likeness (QED) is 0.846. The zero-order valence-corrected chi connectivity index (χ0v) is 14.5. The zero-order valence-electron chi connectivity index (χ0n) is 14.5. The maximum atomic E-state index is 12.7. The number of carbonyl (C=O) groups is 1. The molecule has 3 atom stereocenters. The first kappa shape index (κ1) is 17.7. The molecule has 0 saturated carbocycles. The van der Waals surface area contributed by atoms with E-state index in [1.165, 1.54) is 12.8 Å². The summed E-state index contributed by atoms with van der Waals surface area (Å²) in [5, 5.41) is 9.57. The van der Waals surface area contributed by atoms with Crippen LogP contribution in [0.4, 0.5) is 0 Å². The SMILES string of the molecule is C[C@H](O)CN1CCN([C@H](C)C(=O)N2CCCCCC2)C[C@H]1C. The molecule has 0 aromatic rings. The molecule has 2 aliphatic heterocycles. The average molecular weight is 311 g/mol. The normalized spacial score (nSPS) is 28.2. The van der Waals surface area contributed by atoms with Crippen molar-refractivity contribution in [3.63, 3.8) is 0 Å².